The van der Waals surface area contributed by atoms with E-state index < -0.39 is 0 Å². The first-order valence-corrected chi connectivity index (χ1v) is 7.20. The van der Waals surface area contributed by atoms with Gasteiger partial charge in [0, 0.05) is 38.1 Å². The van der Waals surface area contributed by atoms with Crippen molar-refractivity contribution >= 4 is 5.95 Å². The van der Waals surface area contributed by atoms with Crippen molar-refractivity contribution in [3.8, 4) is 0 Å². The van der Waals surface area contributed by atoms with Gasteiger partial charge in [0.05, 0.1) is 13.2 Å². The lowest BCUT2D eigenvalue weighted by molar-refractivity contribution is 0.0184. The van der Waals surface area contributed by atoms with Crippen LogP contribution >= 0.6 is 0 Å². The molecule has 0 amide bonds. The predicted octanol–water partition coefficient (Wildman–Crippen LogP) is 1.56. The lowest BCUT2D eigenvalue weighted by Gasteiger charge is -2.34. The highest BCUT2D eigenvalue weighted by molar-refractivity contribution is 5.25. The van der Waals surface area contributed by atoms with E-state index >= 15 is 0 Å². The van der Waals surface area contributed by atoms with E-state index in [4.69, 9.17) is 4.74 Å². The fraction of sp³-hybridized carbons (Fsp3) is 0.714. The number of hydrogen-bond donors (Lipinski definition) is 1. The zero-order valence-corrected chi connectivity index (χ0v) is 11.9. The van der Waals surface area contributed by atoms with Crippen LogP contribution in [0.5, 0.6) is 0 Å². The third-order valence-corrected chi connectivity index (χ3v) is 3.64. The van der Waals surface area contributed by atoms with Crippen LogP contribution in [0.1, 0.15) is 25.8 Å². The minimum Gasteiger partial charge on any atom is -0.379 e. The Morgan fingerprint density at radius 2 is 1.95 bits per heavy atom. The predicted molar refractivity (Wildman–Crippen MR) is 76.4 cm³/mol. The molecule has 1 aliphatic rings. The summed E-state index contributed by atoms with van der Waals surface area (Å²) in [6.07, 6.45) is 5.89. The van der Waals surface area contributed by atoms with E-state index in [1.165, 1.54) is 5.56 Å². The van der Waals surface area contributed by atoms with Crippen molar-refractivity contribution < 1.29 is 4.74 Å². The molecule has 0 saturated carbocycles. The topological polar surface area (TPSA) is 50.3 Å². The van der Waals surface area contributed by atoms with E-state index in [1.807, 2.05) is 12.4 Å². The molecule has 2 rings (SSSR count). The van der Waals surface area contributed by atoms with Gasteiger partial charge in [0.2, 0.25) is 5.95 Å². The molecule has 0 spiro atoms. The zero-order valence-electron chi connectivity index (χ0n) is 11.9. The van der Waals surface area contributed by atoms with Gasteiger partial charge in [-0.1, -0.05) is 13.8 Å². The summed E-state index contributed by atoms with van der Waals surface area (Å²) in [7, 11) is 0. The van der Waals surface area contributed by atoms with Crippen molar-refractivity contribution in [1.82, 2.24) is 14.9 Å². The number of aromatic nitrogens is 2. The number of nitrogens with zero attached hydrogens (tertiary/aromatic N) is 3. The van der Waals surface area contributed by atoms with E-state index in [0.29, 0.717) is 6.04 Å². The molecule has 0 aliphatic carbocycles. The minimum absolute atomic E-state index is 0.526. The highest BCUT2D eigenvalue weighted by atomic mass is 16.5. The Morgan fingerprint density at radius 3 is 2.53 bits per heavy atom. The number of ether oxygens (including phenoxy) is 1. The Morgan fingerprint density at radius 1 is 1.26 bits per heavy atom. The smallest absolute Gasteiger partial charge is 0.222 e. The second-order valence-corrected chi connectivity index (χ2v) is 4.86. The molecule has 1 N–H and O–H groups in total. The molecule has 1 aromatic heterocycles. The Hall–Kier alpha value is -1.20. The van der Waals surface area contributed by atoms with Crippen molar-refractivity contribution in [1.29, 1.82) is 0 Å². The molecule has 5 heteroatoms. The number of aryl methyl sites for hydroxylation is 1. The second-order valence-electron chi connectivity index (χ2n) is 4.86. The Kier molecular flexibility index (Phi) is 5.54. The van der Waals surface area contributed by atoms with Crippen molar-refractivity contribution in [3.05, 3.63) is 18.0 Å². The van der Waals surface area contributed by atoms with Gasteiger partial charge in [-0.15, -0.1) is 0 Å². The lowest BCUT2D eigenvalue weighted by Crippen LogP contribution is -2.46. The Balaban J connectivity index is 1.84. The highest BCUT2D eigenvalue weighted by Gasteiger charge is 2.19. The molecular formula is C14H24N4O. The summed E-state index contributed by atoms with van der Waals surface area (Å²) in [6.45, 7) is 8.96. The van der Waals surface area contributed by atoms with E-state index in [-0.39, 0.29) is 0 Å². The molecule has 2 heterocycles. The average Bonchev–Trinajstić information content (AvgIpc) is 2.49. The first kappa shape index (κ1) is 14.2. The average molecular weight is 264 g/mol. The summed E-state index contributed by atoms with van der Waals surface area (Å²) in [4.78, 5) is 11.2. The largest absolute Gasteiger partial charge is 0.379 e. The first-order chi connectivity index (χ1) is 9.33. The highest BCUT2D eigenvalue weighted by Crippen LogP contribution is 2.09. The summed E-state index contributed by atoms with van der Waals surface area (Å²) in [5.41, 5.74) is 1.17. The maximum Gasteiger partial charge on any atom is 0.222 e. The van der Waals surface area contributed by atoms with Crippen molar-refractivity contribution in [3.63, 3.8) is 0 Å². The molecule has 106 valence electrons. The van der Waals surface area contributed by atoms with Gasteiger partial charge in [0.15, 0.2) is 0 Å². The normalized spacial score (nSPS) is 18.2. The summed E-state index contributed by atoms with van der Waals surface area (Å²) in [5.74, 6) is 0.726. The van der Waals surface area contributed by atoms with Crippen LogP contribution in [0, 0.1) is 0 Å². The van der Waals surface area contributed by atoms with Crippen LogP contribution in [0.2, 0.25) is 0 Å². The Labute approximate surface area is 115 Å². The van der Waals surface area contributed by atoms with Crippen molar-refractivity contribution in [2.24, 2.45) is 0 Å². The Bertz CT molecular complexity index is 362. The molecule has 0 aromatic carbocycles. The maximum absolute atomic E-state index is 5.40. The molecule has 1 saturated heterocycles. The van der Waals surface area contributed by atoms with Crippen LogP contribution in [-0.2, 0) is 11.2 Å². The third-order valence-electron chi connectivity index (χ3n) is 3.64. The zero-order chi connectivity index (χ0) is 13.5. The van der Waals surface area contributed by atoms with E-state index in [9.17, 15) is 0 Å². The van der Waals surface area contributed by atoms with Gasteiger partial charge in [-0.25, -0.2) is 9.97 Å². The van der Waals surface area contributed by atoms with Gasteiger partial charge in [-0.3, -0.25) is 4.90 Å². The monoisotopic (exact) mass is 264 g/mol. The van der Waals surface area contributed by atoms with E-state index in [1.54, 1.807) is 0 Å². The van der Waals surface area contributed by atoms with Crippen LogP contribution in [0.3, 0.4) is 0 Å². The maximum atomic E-state index is 5.40. The van der Waals surface area contributed by atoms with Gasteiger partial charge >= 0.3 is 0 Å². The van der Waals surface area contributed by atoms with Crippen LogP contribution in [-0.4, -0.2) is 53.8 Å². The van der Waals surface area contributed by atoms with Crippen LogP contribution in [0.15, 0.2) is 12.4 Å². The molecule has 19 heavy (non-hydrogen) atoms. The molecule has 1 aromatic rings. The van der Waals surface area contributed by atoms with Gasteiger partial charge in [-0.05, 0) is 18.4 Å². The van der Waals surface area contributed by atoms with E-state index in [0.717, 1.165) is 51.6 Å². The van der Waals surface area contributed by atoms with Gasteiger partial charge < -0.3 is 10.1 Å². The van der Waals surface area contributed by atoms with Crippen LogP contribution < -0.4 is 5.32 Å². The SMILES string of the molecule is CCc1cnc(NC[C@H](CC)N2CCOCC2)nc1. The van der Waals surface area contributed by atoms with Crippen LogP contribution in [0.25, 0.3) is 0 Å². The summed E-state index contributed by atoms with van der Waals surface area (Å²) >= 11 is 0. The van der Waals surface area contributed by atoms with Crippen LogP contribution in [0.4, 0.5) is 5.95 Å². The molecule has 0 unspecified atom stereocenters. The first-order valence-electron chi connectivity index (χ1n) is 7.20. The molecule has 5 nitrogen and oxygen atoms in total. The number of anilines is 1. The lowest BCUT2D eigenvalue weighted by atomic mass is 10.2. The number of nitrogens with one attached hydrogen (secondary N) is 1. The fourth-order valence-electron chi connectivity index (χ4n) is 2.31. The quantitative estimate of drug-likeness (QED) is 0.845. The third kappa shape index (κ3) is 4.14. The molecule has 0 radical (unpaired) electrons. The standard InChI is InChI=1S/C14H24N4O/c1-3-12-9-15-14(16-10-12)17-11-13(4-2)18-5-7-19-8-6-18/h9-10,13H,3-8,11H2,1-2H3,(H,15,16,17)/t13-/m0/s1. The summed E-state index contributed by atoms with van der Waals surface area (Å²) in [6, 6.07) is 0.526. The minimum atomic E-state index is 0.526. The van der Waals surface area contributed by atoms with Gasteiger partial charge in [-0.2, -0.15) is 0 Å². The molecular weight excluding hydrogens is 240 g/mol. The summed E-state index contributed by atoms with van der Waals surface area (Å²) < 4.78 is 5.40. The van der Waals surface area contributed by atoms with E-state index in [2.05, 4.69) is 34.0 Å². The molecule has 1 aliphatic heterocycles. The van der Waals surface area contributed by atoms with Gasteiger partial charge in [0.1, 0.15) is 0 Å². The van der Waals surface area contributed by atoms with Crippen molar-refractivity contribution in [2.45, 2.75) is 32.7 Å². The second kappa shape index (κ2) is 7.40. The molecule has 1 atom stereocenters. The summed E-state index contributed by atoms with van der Waals surface area (Å²) in [5, 5.41) is 3.34. The van der Waals surface area contributed by atoms with Crippen molar-refractivity contribution in [2.75, 3.05) is 38.2 Å². The number of rotatable bonds is 6. The van der Waals surface area contributed by atoms with Gasteiger partial charge in [0.25, 0.3) is 0 Å². The fourth-order valence-corrected chi connectivity index (χ4v) is 2.31. The molecule has 0 bridgehead atoms. The number of hydrogen-bond acceptors (Lipinski definition) is 5. The molecule has 1 fully saturated rings. The number of morpholine rings is 1.